The SMILES string of the molecule is COc1cnc(COc2ccc3c(c2)NC(C)(c2cccnc2)N3)cn1. The van der Waals surface area contributed by atoms with Crippen molar-refractivity contribution in [3.63, 3.8) is 0 Å². The van der Waals surface area contributed by atoms with Crippen molar-refractivity contribution in [1.29, 1.82) is 0 Å². The van der Waals surface area contributed by atoms with E-state index in [1.165, 1.54) is 0 Å². The number of hydrogen-bond donors (Lipinski definition) is 2. The Morgan fingerprint density at radius 3 is 2.65 bits per heavy atom. The summed E-state index contributed by atoms with van der Waals surface area (Å²) in [5.41, 5.74) is 3.39. The highest BCUT2D eigenvalue weighted by Gasteiger charge is 2.33. The van der Waals surface area contributed by atoms with E-state index in [1.807, 2.05) is 36.5 Å². The lowest BCUT2D eigenvalue weighted by Crippen LogP contribution is -2.35. The van der Waals surface area contributed by atoms with Gasteiger partial charge in [0.25, 0.3) is 0 Å². The van der Waals surface area contributed by atoms with E-state index in [0.717, 1.165) is 28.4 Å². The Kier molecular flexibility index (Phi) is 4.04. The Balaban J connectivity index is 1.46. The minimum atomic E-state index is -0.406. The molecule has 0 bridgehead atoms. The number of aromatic nitrogens is 3. The van der Waals surface area contributed by atoms with E-state index in [9.17, 15) is 0 Å². The zero-order valence-corrected chi connectivity index (χ0v) is 14.6. The average Bonchev–Trinajstić information content (AvgIpc) is 3.04. The van der Waals surface area contributed by atoms with Gasteiger partial charge in [-0.1, -0.05) is 6.07 Å². The molecule has 1 aliphatic rings. The molecule has 0 aliphatic carbocycles. The Hall–Kier alpha value is -3.35. The van der Waals surface area contributed by atoms with Crippen LogP contribution in [0, 0.1) is 0 Å². The van der Waals surface area contributed by atoms with Gasteiger partial charge in [-0.3, -0.25) is 9.97 Å². The molecule has 3 aromatic rings. The smallest absolute Gasteiger partial charge is 0.231 e. The van der Waals surface area contributed by atoms with Crippen molar-refractivity contribution >= 4 is 11.4 Å². The molecule has 3 heterocycles. The van der Waals surface area contributed by atoms with Crippen LogP contribution in [0.3, 0.4) is 0 Å². The lowest BCUT2D eigenvalue weighted by molar-refractivity contribution is 0.300. The fourth-order valence-corrected chi connectivity index (χ4v) is 2.88. The maximum atomic E-state index is 5.84. The van der Waals surface area contributed by atoms with Gasteiger partial charge in [0.1, 0.15) is 18.0 Å². The molecule has 0 radical (unpaired) electrons. The monoisotopic (exact) mass is 349 g/mol. The molecule has 0 saturated carbocycles. The summed E-state index contributed by atoms with van der Waals surface area (Å²) in [5, 5.41) is 7.00. The van der Waals surface area contributed by atoms with Crippen LogP contribution < -0.4 is 20.1 Å². The van der Waals surface area contributed by atoms with Gasteiger partial charge in [0.15, 0.2) is 0 Å². The van der Waals surface area contributed by atoms with Gasteiger partial charge < -0.3 is 20.1 Å². The minimum absolute atomic E-state index is 0.336. The molecule has 2 aromatic heterocycles. The molecule has 1 atom stereocenters. The van der Waals surface area contributed by atoms with Crippen LogP contribution in [-0.2, 0) is 12.3 Å². The molecule has 132 valence electrons. The third-order valence-electron chi connectivity index (χ3n) is 4.28. The second kappa shape index (κ2) is 6.51. The summed E-state index contributed by atoms with van der Waals surface area (Å²) in [6.45, 7) is 2.42. The molecule has 1 aromatic carbocycles. The first-order valence-corrected chi connectivity index (χ1v) is 8.25. The third kappa shape index (κ3) is 3.11. The number of nitrogens with zero attached hydrogens (tertiary/aromatic N) is 3. The van der Waals surface area contributed by atoms with Gasteiger partial charge >= 0.3 is 0 Å². The highest BCUT2D eigenvalue weighted by molar-refractivity contribution is 5.78. The van der Waals surface area contributed by atoms with Gasteiger partial charge in [-0.25, -0.2) is 4.98 Å². The Bertz CT molecular complexity index is 902. The predicted molar refractivity (Wildman–Crippen MR) is 98.2 cm³/mol. The summed E-state index contributed by atoms with van der Waals surface area (Å²) in [5.74, 6) is 1.24. The molecule has 0 spiro atoms. The van der Waals surface area contributed by atoms with E-state index < -0.39 is 5.66 Å². The number of ether oxygens (including phenoxy) is 2. The van der Waals surface area contributed by atoms with Gasteiger partial charge in [-0.15, -0.1) is 0 Å². The molecule has 2 N–H and O–H groups in total. The van der Waals surface area contributed by atoms with E-state index in [-0.39, 0.29) is 0 Å². The molecule has 1 unspecified atom stereocenters. The third-order valence-corrected chi connectivity index (χ3v) is 4.28. The molecule has 1 aliphatic heterocycles. The number of rotatable bonds is 5. The second-order valence-corrected chi connectivity index (χ2v) is 6.16. The lowest BCUT2D eigenvalue weighted by atomic mass is 10.1. The lowest BCUT2D eigenvalue weighted by Gasteiger charge is -2.26. The van der Waals surface area contributed by atoms with Crippen LogP contribution >= 0.6 is 0 Å². The molecule has 0 fully saturated rings. The number of pyridine rings is 1. The van der Waals surface area contributed by atoms with Gasteiger partial charge in [0.2, 0.25) is 5.88 Å². The Labute approximate surface area is 151 Å². The van der Waals surface area contributed by atoms with Crippen LogP contribution in [-0.4, -0.2) is 22.1 Å². The number of hydrogen-bond acceptors (Lipinski definition) is 7. The summed E-state index contributed by atoms with van der Waals surface area (Å²) in [7, 11) is 1.56. The summed E-state index contributed by atoms with van der Waals surface area (Å²) in [6.07, 6.45) is 6.84. The maximum Gasteiger partial charge on any atom is 0.231 e. The first kappa shape index (κ1) is 16.1. The molecule has 7 nitrogen and oxygen atoms in total. The van der Waals surface area contributed by atoms with Crippen LogP contribution in [0.4, 0.5) is 11.4 Å². The van der Waals surface area contributed by atoms with E-state index in [4.69, 9.17) is 9.47 Å². The van der Waals surface area contributed by atoms with Gasteiger partial charge in [0.05, 0.1) is 36.6 Å². The van der Waals surface area contributed by atoms with E-state index in [0.29, 0.717) is 12.5 Å². The van der Waals surface area contributed by atoms with Crippen molar-refractivity contribution in [2.45, 2.75) is 19.2 Å². The zero-order valence-electron chi connectivity index (χ0n) is 14.6. The molecular weight excluding hydrogens is 330 g/mol. The summed E-state index contributed by atoms with van der Waals surface area (Å²) in [6, 6.07) is 9.87. The second-order valence-electron chi connectivity index (χ2n) is 6.16. The number of methoxy groups -OCH3 is 1. The Morgan fingerprint density at radius 2 is 1.92 bits per heavy atom. The average molecular weight is 349 g/mol. The van der Waals surface area contributed by atoms with Gasteiger partial charge in [-0.05, 0) is 25.1 Å². The number of nitrogens with one attached hydrogen (secondary N) is 2. The quantitative estimate of drug-likeness (QED) is 0.732. The van der Waals surface area contributed by atoms with Crippen molar-refractivity contribution in [2.24, 2.45) is 0 Å². The van der Waals surface area contributed by atoms with Crippen molar-refractivity contribution < 1.29 is 9.47 Å². The maximum absolute atomic E-state index is 5.84. The largest absolute Gasteiger partial charge is 0.487 e. The molecule has 4 rings (SSSR count). The van der Waals surface area contributed by atoms with Crippen molar-refractivity contribution in [1.82, 2.24) is 15.0 Å². The van der Waals surface area contributed by atoms with Crippen LogP contribution in [0.2, 0.25) is 0 Å². The summed E-state index contributed by atoms with van der Waals surface area (Å²) >= 11 is 0. The van der Waals surface area contributed by atoms with Crippen LogP contribution in [0.25, 0.3) is 0 Å². The fourth-order valence-electron chi connectivity index (χ4n) is 2.88. The molecular formula is C19H19N5O2. The number of anilines is 2. The van der Waals surface area contributed by atoms with Gasteiger partial charge in [0, 0.05) is 24.0 Å². The summed E-state index contributed by atoms with van der Waals surface area (Å²) < 4.78 is 10.8. The normalized spacial score (nSPS) is 17.8. The van der Waals surface area contributed by atoms with Crippen LogP contribution in [0.1, 0.15) is 18.2 Å². The molecule has 7 heteroatoms. The topological polar surface area (TPSA) is 81.2 Å². The number of benzene rings is 1. The molecule has 0 saturated heterocycles. The fraction of sp³-hybridized carbons (Fsp3) is 0.211. The van der Waals surface area contributed by atoms with Crippen LogP contribution in [0.5, 0.6) is 11.6 Å². The van der Waals surface area contributed by atoms with Crippen LogP contribution in [0.15, 0.2) is 55.1 Å². The summed E-state index contributed by atoms with van der Waals surface area (Å²) in [4.78, 5) is 12.6. The minimum Gasteiger partial charge on any atom is -0.487 e. The van der Waals surface area contributed by atoms with Crippen molar-refractivity contribution in [2.75, 3.05) is 17.7 Å². The van der Waals surface area contributed by atoms with E-state index >= 15 is 0 Å². The van der Waals surface area contributed by atoms with Crippen molar-refractivity contribution in [3.8, 4) is 11.6 Å². The first-order chi connectivity index (χ1) is 12.7. The Morgan fingerprint density at radius 1 is 1.04 bits per heavy atom. The standard InChI is InChI=1S/C19H19N5O2/c1-19(13-4-3-7-20-9-13)23-16-6-5-15(8-17(16)24-19)26-12-14-10-22-18(25-2)11-21-14/h3-11,23-24H,12H2,1-2H3. The molecule has 26 heavy (non-hydrogen) atoms. The predicted octanol–water partition coefficient (Wildman–Crippen LogP) is 3.17. The zero-order chi connectivity index (χ0) is 18.0. The highest BCUT2D eigenvalue weighted by atomic mass is 16.5. The van der Waals surface area contributed by atoms with E-state index in [1.54, 1.807) is 25.7 Å². The molecule has 0 amide bonds. The van der Waals surface area contributed by atoms with E-state index in [2.05, 4.69) is 32.5 Å². The first-order valence-electron chi connectivity index (χ1n) is 8.25. The van der Waals surface area contributed by atoms with Crippen molar-refractivity contribution in [3.05, 3.63) is 66.4 Å². The highest BCUT2D eigenvalue weighted by Crippen LogP contribution is 2.40. The number of fused-ring (bicyclic) bond motifs is 1. The van der Waals surface area contributed by atoms with Gasteiger partial charge in [-0.2, -0.15) is 0 Å².